The normalized spacial score (nSPS) is 39.9. The van der Waals surface area contributed by atoms with Crippen LogP contribution in [0, 0.1) is 17.8 Å². The van der Waals surface area contributed by atoms with Crippen molar-refractivity contribution < 1.29 is 14.7 Å². The van der Waals surface area contributed by atoms with Gasteiger partial charge in [-0.05, 0) is 38.8 Å². The fourth-order valence-electron chi connectivity index (χ4n) is 4.08. The van der Waals surface area contributed by atoms with E-state index in [1.165, 1.54) is 0 Å². The van der Waals surface area contributed by atoms with Gasteiger partial charge in [0.1, 0.15) is 0 Å². The highest BCUT2D eigenvalue weighted by Gasteiger charge is 2.45. The first-order chi connectivity index (χ1) is 9.32. The monoisotopic (exact) mass is 282 g/mol. The van der Waals surface area contributed by atoms with Gasteiger partial charge in [0.05, 0.1) is 5.92 Å². The molecular weight excluding hydrogens is 256 g/mol. The van der Waals surface area contributed by atoms with E-state index in [2.05, 4.69) is 18.9 Å². The number of hydrogen-bond donors (Lipinski definition) is 1. The maximum Gasteiger partial charge on any atom is 0.308 e. The van der Waals surface area contributed by atoms with E-state index in [0.717, 1.165) is 19.5 Å². The van der Waals surface area contributed by atoms with Crippen LogP contribution in [0.3, 0.4) is 0 Å². The summed E-state index contributed by atoms with van der Waals surface area (Å²) in [6, 6.07) is -0.0253. The number of carbonyl (C=O) groups is 2. The Morgan fingerprint density at radius 1 is 1.25 bits per heavy atom. The van der Waals surface area contributed by atoms with Crippen molar-refractivity contribution >= 4 is 11.9 Å². The molecule has 2 aliphatic rings. The minimum atomic E-state index is -0.775. The van der Waals surface area contributed by atoms with Gasteiger partial charge in [0.15, 0.2) is 0 Å². The molecule has 2 aliphatic heterocycles. The third-order valence-electron chi connectivity index (χ3n) is 5.06. The van der Waals surface area contributed by atoms with E-state index in [1.807, 2.05) is 18.7 Å². The molecule has 2 fully saturated rings. The number of aliphatic carboxylic acids is 1. The quantitative estimate of drug-likeness (QED) is 0.829. The van der Waals surface area contributed by atoms with Gasteiger partial charge in [0.25, 0.3) is 0 Å². The summed E-state index contributed by atoms with van der Waals surface area (Å²) in [6.07, 6.45) is 1.30. The molecule has 5 unspecified atom stereocenters. The number of likely N-dealkylation sites (tertiary alicyclic amines) is 2. The van der Waals surface area contributed by atoms with Crippen molar-refractivity contribution in [3.8, 4) is 0 Å². The second-order valence-electron chi connectivity index (χ2n) is 6.68. The smallest absolute Gasteiger partial charge is 0.308 e. The molecule has 114 valence electrons. The molecule has 0 radical (unpaired) electrons. The van der Waals surface area contributed by atoms with Crippen LogP contribution in [0.15, 0.2) is 0 Å². The van der Waals surface area contributed by atoms with Crippen LogP contribution in [0.4, 0.5) is 0 Å². The largest absolute Gasteiger partial charge is 0.481 e. The second kappa shape index (κ2) is 5.72. The molecule has 0 aliphatic carbocycles. The molecule has 1 N–H and O–H groups in total. The summed E-state index contributed by atoms with van der Waals surface area (Å²) in [5.41, 5.74) is 0. The molecule has 0 saturated carbocycles. The Morgan fingerprint density at radius 3 is 2.45 bits per heavy atom. The summed E-state index contributed by atoms with van der Waals surface area (Å²) in [5.74, 6) is -0.776. The van der Waals surface area contributed by atoms with E-state index in [1.54, 1.807) is 0 Å². The average Bonchev–Trinajstić information content (AvgIpc) is 2.30. The number of piperidine rings is 2. The highest BCUT2D eigenvalue weighted by Crippen LogP contribution is 2.35. The van der Waals surface area contributed by atoms with Gasteiger partial charge < -0.3 is 14.9 Å². The average molecular weight is 282 g/mol. The Labute approximate surface area is 120 Å². The fraction of sp³-hybridized carbons (Fsp3) is 0.867. The van der Waals surface area contributed by atoms with Gasteiger partial charge in [-0.3, -0.25) is 9.59 Å². The number of carboxylic acids is 1. The zero-order valence-electron chi connectivity index (χ0n) is 12.9. The second-order valence-corrected chi connectivity index (χ2v) is 6.68. The summed E-state index contributed by atoms with van der Waals surface area (Å²) >= 11 is 0. The molecule has 5 nitrogen and oxygen atoms in total. The summed E-state index contributed by atoms with van der Waals surface area (Å²) in [4.78, 5) is 28.1. The van der Waals surface area contributed by atoms with Crippen molar-refractivity contribution in [3.63, 3.8) is 0 Å². The van der Waals surface area contributed by atoms with Gasteiger partial charge in [-0.25, -0.2) is 0 Å². The van der Waals surface area contributed by atoms with E-state index < -0.39 is 11.9 Å². The zero-order valence-corrected chi connectivity index (χ0v) is 12.9. The predicted octanol–water partition coefficient (Wildman–Crippen LogP) is 1.28. The van der Waals surface area contributed by atoms with Crippen molar-refractivity contribution in [1.29, 1.82) is 0 Å². The van der Waals surface area contributed by atoms with Gasteiger partial charge in [0, 0.05) is 25.0 Å². The molecule has 0 bridgehead atoms. The number of carbonyl (C=O) groups excluding carboxylic acids is 1. The van der Waals surface area contributed by atoms with Crippen LogP contribution in [0.1, 0.15) is 33.6 Å². The Bertz CT molecular complexity index is 399. The van der Waals surface area contributed by atoms with Gasteiger partial charge in [-0.2, -0.15) is 0 Å². The molecule has 0 aromatic carbocycles. The summed E-state index contributed by atoms with van der Waals surface area (Å²) in [6.45, 7) is 7.88. The first-order valence-corrected chi connectivity index (χ1v) is 7.55. The fourth-order valence-corrected chi connectivity index (χ4v) is 4.08. The highest BCUT2D eigenvalue weighted by atomic mass is 16.4. The molecule has 2 saturated heterocycles. The Balaban J connectivity index is 2.21. The first-order valence-electron chi connectivity index (χ1n) is 7.55. The van der Waals surface area contributed by atoms with E-state index in [9.17, 15) is 14.7 Å². The van der Waals surface area contributed by atoms with Crippen molar-refractivity contribution in [2.45, 2.75) is 45.7 Å². The summed E-state index contributed by atoms with van der Waals surface area (Å²) in [7, 11) is 2.09. The summed E-state index contributed by atoms with van der Waals surface area (Å²) < 4.78 is 0. The number of carboxylic acid groups (broad SMARTS) is 1. The van der Waals surface area contributed by atoms with E-state index >= 15 is 0 Å². The lowest BCUT2D eigenvalue weighted by Crippen LogP contribution is -2.60. The molecule has 0 aromatic rings. The lowest BCUT2D eigenvalue weighted by Gasteiger charge is -2.49. The molecule has 2 rings (SSSR count). The van der Waals surface area contributed by atoms with Gasteiger partial charge in [-0.15, -0.1) is 0 Å². The maximum atomic E-state index is 12.4. The highest BCUT2D eigenvalue weighted by molar-refractivity contribution is 5.82. The first kappa shape index (κ1) is 15.3. The zero-order chi connectivity index (χ0) is 15.0. The number of nitrogens with zero attached hydrogens (tertiary/aromatic N) is 2. The molecule has 5 heteroatoms. The predicted molar refractivity (Wildman–Crippen MR) is 76.3 cm³/mol. The van der Waals surface area contributed by atoms with Crippen molar-refractivity contribution in [1.82, 2.24) is 9.80 Å². The van der Waals surface area contributed by atoms with Crippen LogP contribution in [-0.4, -0.2) is 59.0 Å². The van der Waals surface area contributed by atoms with Gasteiger partial charge in [0.2, 0.25) is 5.91 Å². The molecule has 5 atom stereocenters. The lowest BCUT2D eigenvalue weighted by atomic mass is 9.78. The molecule has 0 spiro atoms. The van der Waals surface area contributed by atoms with Crippen LogP contribution >= 0.6 is 0 Å². The SMILES string of the molecule is CC1CC(=O)N(C2CCN(C)CC2C)C(C)C1C(=O)O. The number of rotatable bonds is 2. The van der Waals surface area contributed by atoms with Crippen LogP contribution in [0.25, 0.3) is 0 Å². The van der Waals surface area contributed by atoms with Crippen molar-refractivity contribution in [2.75, 3.05) is 20.1 Å². The van der Waals surface area contributed by atoms with Crippen molar-refractivity contribution in [2.24, 2.45) is 17.8 Å². The maximum absolute atomic E-state index is 12.4. The third kappa shape index (κ3) is 2.68. The number of amides is 1. The molecule has 20 heavy (non-hydrogen) atoms. The minimum Gasteiger partial charge on any atom is -0.481 e. The van der Waals surface area contributed by atoms with Crippen LogP contribution in [0.2, 0.25) is 0 Å². The standard InChI is InChI=1S/C15H26N2O3/c1-9-7-13(18)17(11(3)14(9)15(19)20)12-5-6-16(4)8-10(12)2/h9-12,14H,5-8H2,1-4H3,(H,19,20). The van der Waals surface area contributed by atoms with Crippen molar-refractivity contribution in [3.05, 3.63) is 0 Å². The third-order valence-corrected chi connectivity index (χ3v) is 5.06. The topological polar surface area (TPSA) is 60.9 Å². The van der Waals surface area contributed by atoms with Crippen LogP contribution in [-0.2, 0) is 9.59 Å². The van der Waals surface area contributed by atoms with Crippen LogP contribution in [0.5, 0.6) is 0 Å². The summed E-state index contributed by atoms with van der Waals surface area (Å²) in [5, 5.41) is 9.44. The number of hydrogen-bond acceptors (Lipinski definition) is 3. The Morgan fingerprint density at radius 2 is 1.90 bits per heavy atom. The molecule has 1 amide bonds. The van der Waals surface area contributed by atoms with Crippen LogP contribution < -0.4 is 0 Å². The minimum absolute atomic E-state index is 0.0761. The van der Waals surface area contributed by atoms with Gasteiger partial charge >= 0.3 is 5.97 Å². The van der Waals surface area contributed by atoms with E-state index in [-0.39, 0.29) is 23.9 Å². The molecular formula is C15H26N2O3. The van der Waals surface area contributed by atoms with E-state index in [0.29, 0.717) is 12.3 Å². The Hall–Kier alpha value is -1.10. The molecule has 0 aromatic heterocycles. The molecule has 2 heterocycles. The Kier molecular flexibility index (Phi) is 4.37. The van der Waals surface area contributed by atoms with Gasteiger partial charge in [-0.1, -0.05) is 13.8 Å². The van der Waals surface area contributed by atoms with E-state index in [4.69, 9.17) is 0 Å². The lowest BCUT2D eigenvalue weighted by molar-refractivity contribution is -0.159.